The summed E-state index contributed by atoms with van der Waals surface area (Å²) in [6.07, 6.45) is 2.90. The van der Waals surface area contributed by atoms with Crippen molar-refractivity contribution in [2.75, 3.05) is 46.4 Å². The molecule has 0 radical (unpaired) electrons. The van der Waals surface area contributed by atoms with E-state index in [0.717, 1.165) is 45.7 Å². The van der Waals surface area contributed by atoms with E-state index in [9.17, 15) is 9.50 Å². The van der Waals surface area contributed by atoms with E-state index in [1.165, 1.54) is 31.2 Å². The number of aromatic hydroxyl groups is 1. The van der Waals surface area contributed by atoms with Crippen LogP contribution in [0.15, 0.2) is 42.5 Å². The Morgan fingerprint density at radius 3 is 2.17 bits per heavy atom. The molecule has 0 unspecified atom stereocenters. The third-order valence-electron chi connectivity index (χ3n) is 5.29. The van der Waals surface area contributed by atoms with Crippen molar-refractivity contribution in [3.8, 4) is 11.5 Å². The summed E-state index contributed by atoms with van der Waals surface area (Å²) in [7, 11) is 1.42. The van der Waals surface area contributed by atoms with Crippen LogP contribution in [0.1, 0.15) is 17.5 Å². The van der Waals surface area contributed by atoms with Crippen molar-refractivity contribution in [3.63, 3.8) is 0 Å². The molecule has 1 aliphatic rings. The lowest BCUT2D eigenvalue weighted by Gasteiger charge is -2.34. The van der Waals surface area contributed by atoms with E-state index >= 15 is 0 Å². The van der Waals surface area contributed by atoms with Gasteiger partial charge in [-0.3, -0.25) is 0 Å². The number of halogens is 3. The maximum absolute atomic E-state index is 14.1. The number of methoxy groups -OCH3 is 1. The number of phenolic OH excluding ortho intramolecular Hbond substituents is 1. The maximum Gasteiger partial charge on any atom is 0.163 e. The molecule has 0 aromatic heterocycles. The van der Waals surface area contributed by atoms with Crippen LogP contribution in [-0.2, 0) is 12.8 Å². The van der Waals surface area contributed by atoms with Crippen LogP contribution in [0.2, 0.25) is 0 Å². The third-order valence-corrected chi connectivity index (χ3v) is 5.29. The van der Waals surface area contributed by atoms with Gasteiger partial charge in [0.15, 0.2) is 11.5 Å². The Balaban J connectivity index is 0.00000210. The molecule has 0 amide bonds. The fourth-order valence-electron chi connectivity index (χ4n) is 3.61. The van der Waals surface area contributed by atoms with Crippen molar-refractivity contribution < 1.29 is 14.2 Å². The molecule has 7 heteroatoms. The van der Waals surface area contributed by atoms with Crippen molar-refractivity contribution in [1.29, 1.82) is 0 Å². The van der Waals surface area contributed by atoms with Crippen LogP contribution in [0.25, 0.3) is 0 Å². The molecule has 0 bridgehead atoms. The third kappa shape index (κ3) is 7.67. The van der Waals surface area contributed by atoms with Gasteiger partial charge in [0.2, 0.25) is 0 Å². The minimum Gasteiger partial charge on any atom is -0.504 e. The fraction of sp³-hybridized carbons (Fsp3) is 0.455. The van der Waals surface area contributed by atoms with Gasteiger partial charge in [-0.25, -0.2) is 4.39 Å². The molecule has 0 aliphatic carbocycles. The highest BCUT2D eigenvalue weighted by Gasteiger charge is 2.17. The van der Waals surface area contributed by atoms with E-state index in [0.29, 0.717) is 12.0 Å². The summed E-state index contributed by atoms with van der Waals surface area (Å²) in [6, 6.07) is 13.4. The second-order valence-electron chi connectivity index (χ2n) is 7.14. The van der Waals surface area contributed by atoms with Gasteiger partial charge in [-0.2, -0.15) is 0 Å². The molecule has 1 fully saturated rings. The molecular formula is C22H31Cl2FN2O2. The van der Waals surface area contributed by atoms with Gasteiger partial charge in [0.05, 0.1) is 7.11 Å². The second kappa shape index (κ2) is 12.9. The predicted molar refractivity (Wildman–Crippen MR) is 120 cm³/mol. The number of piperazine rings is 1. The van der Waals surface area contributed by atoms with Crippen molar-refractivity contribution >= 4 is 24.8 Å². The van der Waals surface area contributed by atoms with Gasteiger partial charge in [-0.1, -0.05) is 30.3 Å². The number of nitrogens with zero attached hydrogens (tertiary/aromatic N) is 2. The minimum atomic E-state index is -0.316. The quantitative estimate of drug-likeness (QED) is 0.662. The molecule has 1 aliphatic heterocycles. The van der Waals surface area contributed by atoms with Gasteiger partial charge >= 0.3 is 0 Å². The number of hydrogen-bond acceptors (Lipinski definition) is 4. The highest BCUT2D eigenvalue weighted by molar-refractivity contribution is 5.85. The molecular weight excluding hydrogens is 414 g/mol. The lowest BCUT2D eigenvalue weighted by molar-refractivity contribution is 0.132. The Kier molecular flexibility index (Phi) is 11.4. The first-order chi connectivity index (χ1) is 13.2. The first-order valence-electron chi connectivity index (χ1n) is 9.69. The first kappa shape index (κ1) is 25.5. The number of ether oxygens (including phenoxy) is 1. The standard InChI is InChI=1S/C22H29FN2O2.2ClH/c1-27-22-17-20(23)19(16-21(22)26)9-11-25-14-12-24(13-15-25)10-5-8-18-6-3-2-4-7-18;;/h2-4,6-7,16-17,26H,5,8-15H2,1H3;2*1H. The zero-order valence-electron chi connectivity index (χ0n) is 16.8. The Hall–Kier alpha value is -1.53. The molecule has 3 rings (SSSR count). The lowest BCUT2D eigenvalue weighted by atomic mass is 10.1. The van der Waals surface area contributed by atoms with Gasteiger partial charge in [0, 0.05) is 38.8 Å². The van der Waals surface area contributed by atoms with E-state index in [4.69, 9.17) is 4.74 Å². The molecule has 2 aromatic carbocycles. The second-order valence-corrected chi connectivity index (χ2v) is 7.14. The number of phenols is 1. The van der Waals surface area contributed by atoms with Crippen molar-refractivity contribution in [2.45, 2.75) is 19.3 Å². The van der Waals surface area contributed by atoms with Gasteiger partial charge in [-0.05, 0) is 43.0 Å². The monoisotopic (exact) mass is 444 g/mol. The zero-order chi connectivity index (χ0) is 19.1. The molecule has 162 valence electrons. The molecule has 1 saturated heterocycles. The fourth-order valence-corrected chi connectivity index (χ4v) is 3.61. The molecule has 0 saturated carbocycles. The van der Waals surface area contributed by atoms with E-state index in [1.54, 1.807) is 0 Å². The average molecular weight is 445 g/mol. The summed E-state index contributed by atoms with van der Waals surface area (Å²) in [5, 5.41) is 9.84. The van der Waals surface area contributed by atoms with E-state index in [1.807, 2.05) is 0 Å². The zero-order valence-corrected chi connectivity index (χ0v) is 18.5. The van der Waals surface area contributed by atoms with Crippen LogP contribution >= 0.6 is 24.8 Å². The van der Waals surface area contributed by atoms with Crippen LogP contribution in [0.3, 0.4) is 0 Å². The van der Waals surface area contributed by atoms with Gasteiger partial charge < -0.3 is 19.6 Å². The topological polar surface area (TPSA) is 35.9 Å². The van der Waals surface area contributed by atoms with Crippen LogP contribution < -0.4 is 4.74 Å². The predicted octanol–water partition coefficient (Wildman–Crippen LogP) is 4.18. The summed E-state index contributed by atoms with van der Waals surface area (Å²) in [4.78, 5) is 4.88. The van der Waals surface area contributed by atoms with Crippen LogP contribution in [0.5, 0.6) is 11.5 Å². The summed E-state index contributed by atoms with van der Waals surface area (Å²) < 4.78 is 19.0. The first-order valence-corrected chi connectivity index (χ1v) is 9.69. The molecule has 4 nitrogen and oxygen atoms in total. The average Bonchev–Trinajstić information content (AvgIpc) is 2.70. The SMILES string of the molecule is COc1cc(F)c(CCN2CCN(CCCc3ccccc3)CC2)cc1O.Cl.Cl. The number of rotatable bonds is 8. The molecule has 2 aromatic rings. The Morgan fingerprint density at radius 2 is 1.55 bits per heavy atom. The smallest absolute Gasteiger partial charge is 0.163 e. The highest BCUT2D eigenvalue weighted by atomic mass is 35.5. The summed E-state index contributed by atoms with van der Waals surface area (Å²) >= 11 is 0. The summed E-state index contributed by atoms with van der Waals surface area (Å²) in [6.45, 7) is 6.07. The van der Waals surface area contributed by atoms with Crippen molar-refractivity contribution in [3.05, 3.63) is 59.4 Å². The van der Waals surface area contributed by atoms with Crippen molar-refractivity contribution in [2.24, 2.45) is 0 Å². The molecule has 0 atom stereocenters. The maximum atomic E-state index is 14.1. The number of benzene rings is 2. The number of aryl methyl sites for hydroxylation is 1. The molecule has 0 spiro atoms. The van der Waals surface area contributed by atoms with Gasteiger partial charge in [-0.15, -0.1) is 24.8 Å². The molecule has 29 heavy (non-hydrogen) atoms. The largest absolute Gasteiger partial charge is 0.504 e. The Morgan fingerprint density at radius 1 is 0.931 bits per heavy atom. The van der Waals surface area contributed by atoms with Gasteiger partial charge in [0.25, 0.3) is 0 Å². The molecule has 1 heterocycles. The minimum absolute atomic E-state index is 0. The summed E-state index contributed by atoms with van der Waals surface area (Å²) in [5.41, 5.74) is 1.94. The van der Waals surface area contributed by atoms with E-state index in [2.05, 4.69) is 40.1 Å². The summed E-state index contributed by atoms with van der Waals surface area (Å²) in [5.74, 6) is -0.137. The van der Waals surface area contributed by atoms with Gasteiger partial charge in [0.1, 0.15) is 5.82 Å². The lowest BCUT2D eigenvalue weighted by Crippen LogP contribution is -2.47. The Labute approximate surface area is 185 Å². The van der Waals surface area contributed by atoms with Crippen LogP contribution in [-0.4, -0.2) is 61.3 Å². The highest BCUT2D eigenvalue weighted by Crippen LogP contribution is 2.29. The van der Waals surface area contributed by atoms with Crippen LogP contribution in [0, 0.1) is 5.82 Å². The Bertz CT molecular complexity index is 726. The van der Waals surface area contributed by atoms with Crippen molar-refractivity contribution in [1.82, 2.24) is 9.80 Å². The van der Waals surface area contributed by atoms with Crippen LogP contribution in [0.4, 0.5) is 4.39 Å². The molecule has 1 N–H and O–H groups in total. The normalized spacial score (nSPS) is 14.7. The number of hydrogen-bond donors (Lipinski definition) is 1. The van der Waals surface area contributed by atoms with E-state index < -0.39 is 0 Å². The van der Waals surface area contributed by atoms with E-state index in [-0.39, 0.29) is 42.1 Å².